The normalized spacial score (nSPS) is 11.1. The summed E-state index contributed by atoms with van der Waals surface area (Å²) in [5.74, 6) is 0.519. The summed E-state index contributed by atoms with van der Waals surface area (Å²) in [6.07, 6.45) is -2.40. The largest absolute Gasteiger partial charge is 0.381 e. The first kappa shape index (κ1) is 14.5. The van der Waals surface area contributed by atoms with Crippen LogP contribution in [0.4, 0.5) is 14.5 Å². The average Bonchev–Trinajstić information content (AvgIpc) is 2.46. The van der Waals surface area contributed by atoms with Crippen LogP contribution in [0, 0.1) is 0 Å². The maximum absolute atomic E-state index is 12.4. The Morgan fingerprint density at radius 3 is 1.90 bits per heavy atom. The third-order valence-corrected chi connectivity index (χ3v) is 3.31. The number of alkyl halides is 2. The molecule has 0 saturated carbocycles. The summed E-state index contributed by atoms with van der Waals surface area (Å²) in [5.41, 5.74) is 3.39. The highest BCUT2D eigenvalue weighted by molar-refractivity contribution is 5.45. The highest BCUT2D eigenvalue weighted by Crippen LogP contribution is 2.20. The lowest BCUT2D eigenvalue weighted by Gasteiger charge is -2.10. The van der Waals surface area contributed by atoms with Crippen molar-refractivity contribution in [1.82, 2.24) is 0 Å². The molecule has 0 atom stereocenters. The van der Waals surface area contributed by atoms with Crippen molar-refractivity contribution in [2.24, 2.45) is 0 Å². The van der Waals surface area contributed by atoms with Crippen molar-refractivity contribution in [3.05, 3.63) is 65.2 Å². The van der Waals surface area contributed by atoms with Crippen LogP contribution in [0.25, 0.3) is 0 Å². The van der Waals surface area contributed by atoms with Crippen LogP contribution in [0.5, 0.6) is 0 Å². The van der Waals surface area contributed by atoms with Gasteiger partial charge in [-0.15, -0.1) is 0 Å². The second-order valence-corrected chi connectivity index (χ2v) is 5.17. The van der Waals surface area contributed by atoms with E-state index in [-0.39, 0.29) is 5.56 Å². The molecule has 0 radical (unpaired) electrons. The lowest BCUT2D eigenvalue weighted by atomic mass is 10.0. The highest BCUT2D eigenvalue weighted by atomic mass is 19.3. The summed E-state index contributed by atoms with van der Waals surface area (Å²) >= 11 is 0. The van der Waals surface area contributed by atoms with Crippen LogP contribution in [0.1, 0.15) is 42.9 Å². The molecule has 0 heterocycles. The molecule has 3 heteroatoms. The SMILES string of the molecule is CC(C)c1ccc(NCc2ccc(C(F)F)cc2)cc1. The molecule has 0 bridgehead atoms. The van der Waals surface area contributed by atoms with Gasteiger partial charge in [0.05, 0.1) is 0 Å². The van der Waals surface area contributed by atoms with E-state index < -0.39 is 6.43 Å². The Balaban J connectivity index is 1.94. The van der Waals surface area contributed by atoms with Crippen LogP contribution in [0.2, 0.25) is 0 Å². The fourth-order valence-electron chi connectivity index (χ4n) is 1.97. The van der Waals surface area contributed by atoms with E-state index in [4.69, 9.17) is 0 Å². The van der Waals surface area contributed by atoms with E-state index in [0.29, 0.717) is 12.5 Å². The van der Waals surface area contributed by atoms with Crippen molar-refractivity contribution in [3.63, 3.8) is 0 Å². The highest BCUT2D eigenvalue weighted by Gasteiger charge is 2.05. The van der Waals surface area contributed by atoms with Gasteiger partial charge in [0.2, 0.25) is 0 Å². The minimum absolute atomic E-state index is 0.0648. The van der Waals surface area contributed by atoms with E-state index in [9.17, 15) is 8.78 Å². The van der Waals surface area contributed by atoms with Gasteiger partial charge in [-0.1, -0.05) is 50.2 Å². The van der Waals surface area contributed by atoms with Gasteiger partial charge in [-0.05, 0) is 29.2 Å². The Morgan fingerprint density at radius 2 is 1.40 bits per heavy atom. The molecule has 2 aromatic rings. The first-order chi connectivity index (χ1) is 9.56. The van der Waals surface area contributed by atoms with Crippen LogP contribution in [-0.4, -0.2) is 0 Å². The van der Waals surface area contributed by atoms with Crippen LogP contribution in [-0.2, 0) is 6.54 Å². The molecule has 0 spiro atoms. The molecule has 0 aliphatic carbocycles. The standard InChI is InChI=1S/C17H19F2N/c1-12(2)14-7-9-16(10-8-14)20-11-13-3-5-15(6-4-13)17(18)19/h3-10,12,17,20H,11H2,1-2H3. The second kappa shape index (κ2) is 6.51. The second-order valence-electron chi connectivity index (χ2n) is 5.17. The quantitative estimate of drug-likeness (QED) is 0.774. The zero-order valence-electron chi connectivity index (χ0n) is 11.7. The maximum atomic E-state index is 12.4. The Kier molecular flexibility index (Phi) is 4.72. The number of benzene rings is 2. The lowest BCUT2D eigenvalue weighted by Crippen LogP contribution is -2.00. The van der Waals surface area contributed by atoms with Gasteiger partial charge in [-0.3, -0.25) is 0 Å². The summed E-state index contributed by atoms with van der Waals surface area (Å²) in [4.78, 5) is 0. The van der Waals surface area contributed by atoms with E-state index in [0.717, 1.165) is 11.3 Å². The Labute approximate surface area is 118 Å². The third kappa shape index (κ3) is 3.80. The fourth-order valence-corrected chi connectivity index (χ4v) is 1.97. The van der Waals surface area contributed by atoms with Crippen LogP contribution < -0.4 is 5.32 Å². The molecule has 0 saturated heterocycles. The van der Waals surface area contributed by atoms with E-state index in [1.54, 1.807) is 12.1 Å². The van der Waals surface area contributed by atoms with Crippen molar-refractivity contribution >= 4 is 5.69 Å². The summed E-state index contributed by atoms with van der Waals surface area (Å²) in [6.45, 7) is 4.95. The van der Waals surface area contributed by atoms with Crippen molar-refractivity contribution in [2.75, 3.05) is 5.32 Å². The van der Waals surface area contributed by atoms with E-state index in [1.165, 1.54) is 17.7 Å². The van der Waals surface area contributed by atoms with Crippen LogP contribution in [0.15, 0.2) is 48.5 Å². The van der Waals surface area contributed by atoms with Gasteiger partial charge in [0.25, 0.3) is 6.43 Å². The first-order valence-corrected chi connectivity index (χ1v) is 6.77. The van der Waals surface area contributed by atoms with Crippen molar-refractivity contribution < 1.29 is 8.78 Å². The van der Waals surface area contributed by atoms with E-state index in [1.807, 2.05) is 12.1 Å². The van der Waals surface area contributed by atoms with Gasteiger partial charge in [0.15, 0.2) is 0 Å². The Bertz CT molecular complexity index is 478. The molecule has 0 amide bonds. The molecular formula is C17H19F2N. The molecule has 106 valence electrons. The average molecular weight is 275 g/mol. The minimum Gasteiger partial charge on any atom is -0.381 e. The summed E-state index contributed by atoms with van der Waals surface area (Å²) < 4.78 is 24.9. The molecule has 0 unspecified atom stereocenters. The molecule has 0 aliphatic heterocycles. The number of halogens is 2. The van der Waals surface area contributed by atoms with E-state index >= 15 is 0 Å². The predicted molar refractivity (Wildman–Crippen MR) is 79.3 cm³/mol. The van der Waals surface area contributed by atoms with Gasteiger partial charge in [0.1, 0.15) is 0 Å². The fraction of sp³-hybridized carbons (Fsp3) is 0.294. The van der Waals surface area contributed by atoms with Crippen molar-refractivity contribution in [1.29, 1.82) is 0 Å². The number of hydrogen-bond acceptors (Lipinski definition) is 1. The van der Waals surface area contributed by atoms with Crippen LogP contribution >= 0.6 is 0 Å². The number of rotatable bonds is 5. The van der Waals surface area contributed by atoms with E-state index in [2.05, 4.69) is 31.3 Å². The summed E-state index contributed by atoms with van der Waals surface area (Å²) in [7, 11) is 0. The van der Waals surface area contributed by atoms with Gasteiger partial charge >= 0.3 is 0 Å². The topological polar surface area (TPSA) is 12.0 Å². The first-order valence-electron chi connectivity index (χ1n) is 6.77. The smallest absolute Gasteiger partial charge is 0.263 e. The number of nitrogens with one attached hydrogen (secondary N) is 1. The molecule has 2 aromatic carbocycles. The summed E-state index contributed by atoms with van der Waals surface area (Å²) in [6, 6.07) is 14.7. The molecule has 2 rings (SSSR count). The summed E-state index contributed by atoms with van der Waals surface area (Å²) in [5, 5.41) is 3.29. The molecular weight excluding hydrogens is 256 g/mol. The van der Waals surface area contributed by atoms with Gasteiger partial charge in [-0.2, -0.15) is 0 Å². The zero-order valence-corrected chi connectivity index (χ0v) is 11.7. The zero-order chi connectivity index (χ0) is 14.5. The van der Waals surface area contributed by atoms with Gasteiger partial charge in [-0.25, -0.2) is 8.78 Å². The lowest BCUT2D eigenvalue weighted by molar-refractivity contribution is 0.151. The molecule has 0 aromatic heterocycles. The number of anilines is 1. The maximum Gasteiger partial charge on any atom is 0.263 e. The molecule has 0 aliphatic rings. The van der Waals surface area contributed by atoms with Crippen LogP contribution in [0.3, 0.4) is 0 Å². The number of hydrogen-bond donors (Lipinski definition) is 1. The molecule has 1 N–H and O–H groups in total. The van der Waals surface area contributed by atoms with Crippen molar-refractivity contribution in [3.8, 4) is 0 Å². The third-order valence-electron chi connectivity index (χ3n) is 3.31. The Morgan fingerprint density at radius 1 is 0.850 bits per heavy atom. The van der Waals surface area contributed by atoms with Crippen molar-refractivity contribution in [2.45, 2.75) is 32.7 Å². The molecule has 1 nitrogen and oxygen atoms in total. The minimum atomic E-state index is -2.40. The van der Waals surface area contributed by atoms with Gasteiger partial charge < -0.3 is 5.32 Å². The monoisotopic (exact) mass is 275 g/mol. The molecule has 0 fully saturated rings. The Hall–Kier alpha value is -1.90. The predicted octanol–water partition coefficient (Wildman–Crippen LogP) is 5.36. The van der Waals surface area contributed by atoms with Gasteiger partial charge in [0, 0.05) is 17.8 Å². The molecule has 20 heavy (non-hydrogen) atoms.